The number of piperidine rings is 1. The van der Waals surface area contributed by atoms with Gasteiger partial charge in [0, 0.05) is 17.6 Å². The van der Waals surface area contributed by atoms with Crippen molar-refractivity contribution in [1.82, 2.24) is 15.1 Å². The van der Waals surface area contributed by atoms with Gasteiger partial charge in [0.1, 0.15) is 11.4 Å². The Morgan fingerprint density at radius 2 is 1.68 bits per heavy atom. The van der Waals surface area contributed by atoms with Gasteiger partial charge in [-0.1, -0.05) is 23.7 Å². The topological polar surface area (TPSA) is 71.1 Å². The number of nitrogens with one attached hydrogen (secondary N) is 1. The lowest BCUT2D eigenvalue weighted by Gasteiger charge is -2.39. The Morgan fingerprint density at radius 1 is 1.06 bits per heavy atom. The average molecular weight is 490 g/mol. The molecule has 2 aromatic carbocycles. The molecule has 2 fully saturated rings. The molecule has 0 aliphatic carbocycles. The second kappa shape index (κ2) is 9.80. The summed E-state index contributed by atoms with van der Waals surface area (Å²) in [5.74, 6) is 0.641. The lowest BCUT2D eigenvalue weighted by Crippen LogP contribution is -2.53. The molecule has 9 heteroatoms. The van der Waals surface area contributed by atoms with Crippen molar-refractivity contribution >= 4 is 23.5 Å². The summed E-state index contributed by atoms with van der Waals surface area (Å²) in [6, 6.07) is 9.07. The summed E-state index contributed by atoms with van der Waals surface area (Å²) in [4.78, 5) is 29.4. The third-order valence-electron chi connectivity index (χ3n) is 6.91. The molecule has 0 bridgehead atoms. The number of hydrogen-bond acceptors (Lipinski definition) is 5. The van der Waals surface area contributed by atoms with Gasteiger partial charge in [0.05, 0.1) is 20.8 Å². The molecule has 2 aliphatic rings. The van der Waals surface area contributed by atoms with E-state index in [2.05, 4.69) is 10.2 Å². The number of ether oxygens (including phenoxy) is 2. The van der Waals surface area contributed by atoms with Crippen molar-refractivity contribution in [1.29, 1.82) is 0 Å². The minimum Gasteiger partial charge on any atom is -0.493 e. The van der Waals surface area contributed by atoms with Gasteiger partial charge in [0.2, 0.25) is 0 Å². The van der Waals surface area contributed by atoms with Gasteiger partial charge >= 0.3 is 6.03 Å². The molecule has 2 aromatic rings. The molecule has 2 heterocycles. The molecule has 7 nitrogen and oxygen atoms in total. The monoisotopic (exact) mass is 489 g/mol. The van der Waals surface area contributed by atoms with Crippen LogP contribution in [0.15, 0.2) is 36.4 Å². The van der Waals surface area contributed by atoms with Gasteiger partial charge in [-0.2, -0.15) is 0 Å². The highest BCUT2D eigenvalue weighted by atomic mass is 35.5. The Bertz CT molecular complexity index is 1070. The summed E-state index contributed by atoms with van der Waals surface area (Å²) in [5, 5.41) is 3.54. The third-order valence-corrected chi connectivity index (χ3v) is 7.26. The summed E-state index contributed by atoms with van der Waals surface area (Å²) < 4.78 is 23.9. The van der Waals surface area contributed by atoms with Crippen molar-refractivity contribution in [3.05, 3.63) is 58.4 Å². The predicted octanol–water partition coefficient (Wildman–Crippen LogP) is 4.22. The van der Waals surface area contributed by atoms with Gasteiger partial charge in [-0.15, -0.1) is 0 Å². The zero-order valence-electron chi connectivity index (χ0n) is 19.6. The number of urea groups is 1. The number of carbonyl (C=O) groups is 2. The van der Waals surface area contributed by atoms with E-state index in [0.717, 1.165) is 31.5 Å². The normalized spacial score (nSPS) is 21.6. The highest BCUT2D eigenvalue weighted by molar-refractivity contribution is 6.31. The van der Waals surface area contributed by atoms with Gasteiger partial charge in [-0.05, 0) is 68.1 Å². The fraction of sp³-hybridized carbons (Fsp3) is 0.440. The second-order valence-corrected chi connectivity index (χ2v) is 9.41. The molecule has 0 spiro atoms. The average Bonchev–Trinajstić information content (AvgIpc) is 3.05. The molecule has 1 atom stereocenters. The van der Waals surface area contributed by atoms with Crippen LogP contribution in [0.25, 0.3) is 0 Å². The van der Waals surface area contributed by atoms with Crippen LogP contribution in [0.5, 0.6) is 11.5 Å². The number of nitrogens with zero attached hydrogens (tertiary/aromatic N) is 2. The predicted molar refractivity (Wildman–Crippen MR) is 126 cm³/mol. The second-order valence-electron chi connectivity index (χ2n) is 9.00. The van der Waals surface area contributed by atoms with E-state index in [0.29, 0.717) is 28.6 Å². The fourth-order valence-electron chi connectivity index (χ4n) is 4.84. The third kappa shape index (κ3) is 4.70. The lowest BCUT2D eigenvalue weighted by molar-refractivity contribution is -0.133. The molecular weight excluding hydrogens is 461 g/mol. The highest BCUT2D eigenvalue weighted by Gasteiger charge is 2.52. The van der Waals surface area contributed by atoms with Crippen LogP contribution in [0.1, 0.15) is 30.9 Å². The molecule has 1 N–H and O–H groups in total. The van der Waals surface area contributed by atoms with E-state index in [1.54, 1.807) is 32.4 Å². The van der Waals surface area contributed by atoms with Crippen LogP contribution in [0.3, 0.4) is 0 Å². The summed E-state index contributed by atoms with van der Waals surface area (Å²) in [6.45, 7) is 4.12. The minimum absolute atomic E-state index is 0.0132. The molecular formula is C25H29ClFN3O4. The number of benzene rings is 2. The Kier molecular flexibility index (Phi) is 7.00. The Morgan fingerprint density at radius 3 is 2.29 bits per heavy atom. The molecule has 34 heavy (non-hydrogen) atoms. The zero-order valence-corrected chi connectivity index (χ0v) is 20.3. The maximum absolute atomic E-state index is 13.3. The van der Waals surface area contributed by atoms with E-state index < -0.39 is 11.6 Å². The summed E-state index contributed by atoms with van der Waals surface area (Å²) >= 11 is 6.46. The number of hydrogen-bond donors (Lipinski definition) is 1. The van der Waals surface area contributed by atoms with Crippen LogP contribution in [0.4, 0.5) is 9.18 Å². The molecule has 0 unspecified atom stereocenters. The van der Waals surface area contributed by atoms with Crippen LogP contribution < -0.4 is 14.8 Å². The number of halogens is 2. The molecule has 4 rings (SSSR count). The standard InChI is InChI=1S/C25H29ClFN3O4/c1-25(23(31)30(24(32)28-25)14-16-4-6-19(27)7-5-16)18-8-10-29(11-9-18)15-17-12-21(33-2)22(34-3)13-20(17)26/h4-7,12-13,18H,8-11,14-15H2,1-3H3,(H,28,32)/t25-/m0/s1. The summed E-state index contributed by atoms with van der Waals surface area (Å²) in [7, 11) is 3.16. The van der Waals surface area contributed by atoms with Crippen LogP contribution in [0.2, 0.25) is 5.02 Å². The van der Waals surface area contributed by atoms with E-state index in [9.17, 15) is 14.0 Å². The molecule has 182 valence electrons. The van der Waals surface area contributed by atoms with Gasteiger partial charge in [-0.3, -0.25) is 14.6 Å². The largest absolute Gasteiger partial charge is 0.493 e. The first-order valence-corrected chi connectivity index (χ1v) is 11.6. The van der Waals surface area contributed by atoms with Gasteiger partial charge in [-0.25, -0.2) is 9.18 Å². The van der Waals surface area contributed by atoms with Crippen LogP contribution in [-0.4, -0.2) is 54.6 Å². The maximum atomic E-state index is 13.3. The van der Waals surface area contributed by atoms with E-state index >= 15 is 0 Å². The highest BCUT2D eigenvalue weighted by Crippen LogP contribution is 2.36. The number of amides is 3. The van der Waals surface area contributed by atoms with Gasteiger partial charge < -0.3 is 14.8 Å². The van der Waals surface area contributed by atoms with Crippen molar-refractivity contribution in [3.63, 3.8) is 0 Å². The Hall–Kier alpha value is -2.84. The molecule has 0 saturated carbocycles. The Balaban J connectivity index is 1.39. The van der Waals surface area contributed by atoms with Crippen molar-refractivity contribution in [2.45, 2.75) is 38.4 Å². The first-order valence-electron chi connectivity index (χ1n) is 11.3. The molecule has 0 aromatic heterocycles. The Labute approximate surface area is 203 Å². The number of imide groups is 1. The van der Waals surface area contributed by atoms with Gasteiger partial charge in [0.25, 0.3) is 5.91 Å². The molecule has 3 amide bonds. The zero-order chi connectivity index (χ0) is 24.5. The quantitative estimate of drug-likeness (QED) is 0.590. The number of likely N-dealkylation sites (tertiary alicyclic amines) is 1. The van der Waals surface area contributed by atoms with Crippen molar-refractivity contribution in [2.24, 2.45) is 5.92 Å². The van der Waals surface area contributed by atoms with Crippen molar-refractivity contribution in [3.8, 4) is 11.5 Å². The fourth-order valence-corrected chi connectivity index (χ4v) is 5.05. The van der Waals surface area contributed by atoms with Crippen molar-refractivity contribution < 1.29 is 23.5 Å². The summed E-state index contributed by atoms with van der Waals surface area (Å²) in [5.41, 5.74) is 0.694. The minimum atomic E-state index is -0.954. The number of methoxy groups -OCH3 is 2. The molecule has 2 saturated heterocycles. The van der Waals surface area contributed by atoms with Crippen LogP contribution >= 0.6 is 11.6 Å². The van der Waals surface area contributed by atoms with Crippen LogP contribution in [0, 0.1) is 11.7 Å². The van der Waals surface area contributed by atoms with E-state index in [4.69, 9.17) is 21.1 Å². The first kappa shape index (κ1) is 24.3. The molecule has 2 aliphatic heterocycles. The van der Waals surface area contributed by atoms with Crippen molar-refractivity contribution in [2.75, 3.05) is 27.3 Å². The first-order chi connectivity index (χ1) is 16.2. The maximum Gasteiger partial charge on any atom is 0.325 e. The van der Waals surface area contributed by atoms with E-state index in [1.807, 2.05) is 13.0 Å². The SMILES string of the molecule is COc1cc(Cl)c(CN2CCC([C@]3(C)NC(=O)N(Cc4ccc(F)cc4)C3=O)CC2)cc1OC. The summed E-state index contributed by atoms with van der Waals surface area (Å²) in [6.07, 6.45) is 1.52. The molecule has 0 radical (unpaired) electrons. The van der Waals surface area contributed by atoms with Gasteiger partial charge in [0.15, 0.2) is 11.5 Å². The van der Waals surface area contributed by atoms with E-state index in [-0.39, 0.29) is 24.2 Å². The van der Waals surface area contributed by atoms with Crippen LogP contribution in [-0.2, 0) is 17.9 Å². The lowest BCUT2D eigenvalue weighted by atomic mass is 9.79. The number of rotatable bonds is 7. The smallest absolute Gasteiger partial charge is 0.325 e. The number of carbonyl (C=O) groups excluding carboxylic acids is 2. The van der Waals surface area contributed by atoms with E-state index in [1.165, 1.54) is 17.0 Å².